The molecule has 2 aromatic carbocycles. The van der Waals surface area contributed by atoms with Gasteiger partial charge in [-0.15, -0.1) is 5.10 Å². The van der Waals surface area contributed by atoms with Crippen LogP contribution in [-0.4, -0.2) is 25.5 Å². The molecule has 0 aliphatic rings. The number of aromatic nitrogens is 4. The van der Waals surface area contributed by atoms with Crippen molar-refractivity contribution < 1.29 is 4.79 Å². The molecule has 32 heavy (non-hydrogen) atoms. The summed E-state index contributed by atoms with van der Waals surface area (Å²) in [5.74, 6) is 0.879. The third-order valence-electron chi connectivity index (χ3n) is 5.32. The second kappa shape index (κ2) is 8.36. The number of rotatable bonds is 4. The number of carbonyl (C=O) groups is 1. The molecule has 4 rings (SSSR count). The van der Waals surface area contributed by atoms with Crippen molar-refractivity contribution in [3.05, 3.63) is 88.0 Å². The Morgan fingerprint density at radius 1 is 1.03 bits per heavy atom. The van der Waals surface area contributed by atoms with Crippen LogP contribution in [0.1, 0.15) is 53.9 Å². The van der Waals surface area contributed by atoms with E-state index < -0.39 is 0 Å². The summed E-state index contributed by atoms with van der Waals surface area (Å²) in [7, 11) is 0. The zero-order valence-electron chi connectivity index (χ0n) is 18.9. The highest BCUT2D eigenvalue weighted by Crippen LogP contribution is 2.26. The van der Waals surface area contributed by atoms with Gasteiger partial charge in [0.25, 0.3) is 11.7 Å². The number of halogens is 1. The highest BCUT2D eigenvalue weighted by molar-refractivity contribution is 6.31. The van der Waals surface area contributed by atoms with Crippen LogP contribution < -0.4 is 4.90 Å². The molecule has 0 radical (unpaired) electrons. The molecule has 164 valence electrons. The second-order valence-corrected chi connectivity index (χ2v) is 9.41. The number of hydrogen-bond acceptors (Lipinski definition) is 4. The summed E-state index contributed by atoms with van der Waals surface area (Å²) >= 11 is 6.23. The molecule has 0 unspecified atom stereocenters. The minimum Gasteiger partial charge on any atom is -0.301 e. The smallest absolute Gasteiger partial charge is 0.258 e. The summed E-state index contributed by atoms with van der Waals surface area (Å²) in [5, 5.41) is 5.13. The number of benzene rings is 2. The lowest BCUT2D eigenvalue weighted by Crippen LogP contribution is -2.31. The molecule has 0 aliphatic heterocycles. The van der Waals surface area contributed by atoms with Gasteiger partial charge >= 0.3 is 0 Å². The Morgan fingerprint density at radius 3 is 2.41 bits per heavy atom. The lowest BCUT2D eigenvalue weighted by atomic mass is 9.86. The molecule has 2 aromatic heterocycles. The molecule has 4 aromatic rings. The fourth-order valence-electron chi connectivity index (χ4n) is 3.61. The Morgan fingerprint density at radius 2 is 1.75 bits per heavy atom. The van der Waals surface area contributed by atoms with Crippen molar-refractivity contribution in [1.29, 1.82) is 0 Å². The lowest BCUT2D eigenvalue weighted by Gasteiger charge is -2.23. The Kier molecular flexibility index (Phi) is 5.73. The minimum absolute atomic E-state index is 0.0116. The predicted octanol–water partition coefficient (Wildman–Crippen LogP) is 5.54. The molecule has 7 heteroatoms. The number of fused-ring (bicyclic) bond motifs is 1. The van der Waals surface area contributed by atoms with Gasteiger partial charge in [0.1, 0.15) is 0 Å². The highest BCUT2D eigenvalue weighted by Gasteiger charge is 2.22. The van der Waals surface area contributed by atoms with E-state index in [1.807, 2.05) is 56.3 Å². The van der Waals surface area contributed by atoms with Crippen LogP contribution in [0.4, 0.5) is 5.69 Å². The van der Waals surface area contributed by atoms with Crippen molar-refractivity contribution in [1.82, 2.24) is 19.6 Å². The van der Waals surface area contributed by atoms with Crippen LogP contribution in [0, 0.1) is 13.8 Å². The average molecular weight is 448 g/mol. The van der Waals surface area contributed by atoms with Gasteiger partial charge in [-0.2, -0.15) is 4.98 Å². The summed E-state index contributed by atoms with van der Waals surface area (Å²) in [6.45, 7) is 10.5. The van der Waals surface area contributed by atoms with Gasteiger partial charge in [-0.1, -0.05) is 50.6 Å². The van der Waals surface area contributed by atoms with Crippen molar-refractivity contribution in [3.63, 3.8) is 0 Å². The third-order valence-corrected chi connectivity index (χ3v) is 5.56. The maximum Gasteiger partial charge on any atom is 0.258 e. The first kappa shape index (κ1) is 22.0. The third kappa shape index (κ3) is 4.50. The molecule has 0 saturated heterocycles. The Balaban J connectivity index is 1.72. The summed E-state index contributed by atoms with van der Waals surface area (Å²) in [5.41, 5.74) is 4.26. The highest BCUT2D eigenvalue weighted by atomic mass is 35.5. The molecular weight excluding hydrogens is 422 g/mol. The standard InChI is InChI=1S/C25H26ClN5O/c1-16-13-17(2)31-24(27-16)28-22(29-31)15-30(21-8-6-7-20(26)14-21)23(32)18-9-11-19(12-10-18)25(3,4)5/h6-14H,15H2,1-5H3. The van der Waals surface area contributed by atoms with Crippen molar-refractivity contribution in [2.24, 2.45) is 0 Å². The van der Waals surface area contributed by atoms with E-state index in [0.29, 0.717) is 27.9 Å². The summed E-state index contributed by atoms with van der Waals surface area (Å²) in [6, 6.07) is 16.9. The van der Waals surface area contributed by atoms with Gasteiger partial charge in [0, 0.05) is 27.7 Å². The SMILES string of the molecule is Cc1cc(C)n2nc(CN(C(=O)c3ccc(C(C)(C)C)cc3)c3cccc(Cl)c3)nc2n1. The first-order valence-corrected chi connectivity index (χ1v) is 10.9. The summed E-state index contributed by atoms with van der Waals surface area (Å²) in [4.78, 5) is 24.2. The first-order chi connectivity index (χ1) is 15.1. The molecule has 6 nitrogen and oxygen atoms in total. The average Bonchev–Trinajstić information content (AvgIpc) is 3.14. The Bertz CT molecular complexity index is 1290. The topological polar surface area (TPSA) is 63.4 Å². The molecule has 0 N–H and O–H groups in total. The van der Waals surface area contributed by atoms with Crippen LogP contribution in [0.5, 0.6) is 0 Å². The lowest BCUT2D eigenvalue weighted by molar-refractivity contribution is 0.0984. The van der Waals surface area contributed by atoms with Gasteiger partial charge in [0.2, 0.25) is 0 Å². The van der Waals surface area contributed by atoms with Gasteiger partial charge in [-0.25, -0.2) is 9.50 Å². The monoisotopic (exact) mass is 447 g/mol. The van der Waals surface area contributed by atoms with E-state index in [-0.39, 0.29) is 17.9 Å². The van der Waals surface area contributed by atoms with E-state index in [1.54, 1.807) is 21.5 Å². The van der Waals surface area contributed by atoms with Crippen LogP contribution in [-0.2, 0) is 12.0 Å². The minimum atomic E-state index is -0.146. The van der Waals surface area contributed by atoms with Crippen molar-refractivity contribution in [2.45, 2.75) is 46.6 Å². The van der Waals surface area contributed by atoms with Gasteiger partial charge in [-0.05, 0) is 61.2 Å². The number of carbonyl (C=O) groups excluding carboxylic acids is 1. The molecule has 2 heterocycles. The molecule has 0 atom stereocenters. The first-order valence-electron chi connectivity index (χ1n) is 10.5. The van der Waals surface area contributed by atoms with Gasteiger partial charge < -0.3 is 4.90 Å². The van der Waals surface area contributed by atoms with E-state index in [4.69, 9.17) is 11.6 Å². The molecule has 0 bridgehead atoms. The van der Waals surface area contributed by atoms with Crippen molar-refractivity contribution in [2.75, 3.05) is 4.90 Å². The van der Waals surface area contributed by atoms with Gasteiger partial charge in [0.15, 0.2) is 5.82 Å². The van der Waals surface area contributed by atoms with E-state index in [1.165, 1.54) is 5.56 Å². The zero-order valence-corrected chi connectivity index (χ0v) is 19.7. The number of hydrogen-bond donors (Lipinski definition) is 0. The maximum atomic E-state index is 13.6. The molecule has 0 spiro atoms. The number of nitrogens with zero attached hydrogens (tertiary/aromatic N) is 5. The maximum absolute atomic E-state index is 13.6. The number of aryl methyl sites for hydroxylation is 2. The van der Waals surface area contributed by atoms with Crippen LogP contribution >= 0.6 is 11.6 Å². The van der Waals surface area contributed by atoms with E-state index in [2.05, 4.69) is 35.8 Å². The largest absolute Gasteiger partial charge is 0.301 e. The van der Waals surface area contributed by atoms with Gasteiger partial charge in [-0.3, -0.25) is 4.79 Å². The van der Waals surface area contributed by atoms with E-state index >= 15 is 0 Å². The quantitative estimate of drug-likeness (QED) is 0.412. The fraction of sp³-hybridized carbons (Fsp3) is 0.280. The molecular formula is C25H26ClN5O. The number of anilines is 1. The van der Waals surface area contributed by atoms with Gasteiger partial charge in [0.05, 0.1) is 6.54 Å². The second-order valence-electron chi connectivity index (χ2n) is 8.98. The summed E-state index contributed by atoms with van der Waals surface area (Å²) in [6.07, 6.45) is 0. The van der Waals surface area contributed by atoms with Crippen LogP contribution in [0.3, 0.4) is 0 Å². The van der Waals surface area contributed by atoms with Crippen LogP contribution in [0.15, 0.2) is 54.6 Å². The van der Waals surface area contributed by atoms with Crippen LogP contribution in [0.2, 0.25) is 5.02 Å². The van der Waals surface area contributed by atoms with E-state index in [9.17, 15) is 4.79 Å². The van der Waals surface area contributed by atoms with Crippen LogP contribution in [0.25, 0.3) is 5.78 Å². The molecule has 0 aliphatic carbocycles. The normalized spacial score (nSPS) is 11.7. The zero-order chi connectivity index (χ0) is 23.0. The molecule has 0 fully saturated rings. The molecule has 1 amide bonds. The molecule has 0 saturated carbocycles. The van der Waals surface area contributed by atoms with Crippen molar-refractivity contribution in [3.8, 4) is 0 Å². The summed E-state index contributed by atoms with van der Waals surface area (Å²) < 4.78 is 1.70. The van der Waals surface area contributed by atoms with E-state index in [0.717, 1.165) is 11.4 Å². The fourth-order valence-corrected chi connectivity index (χ4v) is 3.79. The Hall–Kier alpha value is -3.25. The number of amides is 1. The Labute approximate surface area is 192 Å². The predicted molar refractivity (Wildman–Crippen MR) is 127 cm³/mol. The van der Waals surface area contributed by atoms with Crippen molar-refractivity contribution >= 4 is 29.0 Å².